The molecule has 0 aliphatic heterocycles. The highest BCUT2D eigenvalue weighted by molar-refractivity contribution is 5.90. The van der Waals surface area contributed by atoms with Crippen molar-refractivity contribution in [2.75, 3.05) is 12.4 Å². The fraction of sp³-hybridized carbons (Fsp3) is 0.190. The Morgan fingerprint density at radius 1 is 1.07 bits per heavy atom. The summed E-state index contributed by atoms with van der Waals surface area (Å²) in [4.78, 5) is 16.3. The lowest BCUT2D eigenvalue weighted by atomic mass is 10.3. The van der Waals surface area contributed by atoms with Gasteiger partial charge in [0.05, 0.1) is 25.4 Å². The van der Waals surface area contributed by atoms with Gasteiger partial charge in [-0.3, -0.25) is 4.79 Å². The van der Waals surface area contributed by atoms with Crippen LogP contribution in [0, 0.1) is 6.92 Å². The first-order valence-corrected chi connectivity index (χ1v) is 8.66. The molecule has 6 nitrogen and oxygen atoms in total. The van der Waals surface area contributed by atoms with Gasteiger partial charge in [-0.15, -0.1) is 0 Å². The summed E-state index contributed by atoms with van der Waals surface area (Å²) in [5, 5.41) is 2.84. The zero-order valence-corrected chi connectivity index (χ0v) is 15.4. The minimum Gasteiger partial charge on any atom is -0.493 e. The summed E-state index contributed by atoms with van der Waals surface area (Å²) < 4.78 is 13.0. The zero-order valence-electron chi connectivity index (χ0n) is 15.4. The van der Waals surface area contributed by atoms with Crippen LogP contribution in [-0.2, 0) is 11.3 Å². The molecule has 1 amide bonds. The van der Waals surface area contributed by atoms with Gasteiger partial charge in [0.25, 0.3) is 0 Å². The van der Waals surface area contributed by atoms with Crippen molar-refractivity contribution in [3.05, 3.63) is 72.7 Å². The summed E-state index contributed by atoms with van der Waals surface area (Å²) >= 11 is 0. The molecule has 0 radical (unpaired) electrons. The molecule has 2 heterocycles. The van der Waals surface area contributed by atoms with Crippen LogP contribution in [0.1, 0.15) is 12.0 Å². The van der Waals surface area contributed by atoms with E-state index < -0.39 is 0 Å². The number of carbonyl (C=O) groups is 1. The van der Waals surface area contributed by atoms with Gasteiger partial charge in [0.2, 0.25) is 11.8 Å². The molecule has 0 fully saturated rings. The summed E-state index contributed by atoms with van der Waals surface area (Å²) in [5.74, 6) is 1.57. The summed E-state index contributed by atoms with van der Waals surface area (Å²) in [6.45, 7) is 2.65. The number of methoxy groups -OCH3 is 1. The van der Waals surface area contributed by atoms with E-state index in [-0.39, 0.29) is 5.91 Å². The van der Waals surface area contributed by atoms with E-state index >= 15 is 0 Å². The second-order valence-electron chi connectivity index (χ2n) is 6.05. The van der Waals surface area contributed by atoms with E-state index in [4.69, 9.17) is 9.47 Å². The van der Waals surface area contributed by atoms with Gasteiger partial charge in [0.15, 0.2) is 30.4 Å². The number of nitrogens with one attached hydrogen (secondary N) is 1. The molecule has 0 atom stereocenters. The molecule has 1 N–H and O–H groups in total. The SMILES string of the molecule is COc1ccccc1Oc1ccc(NC(=O)CC[n+]2ccc(C)cc2)cn1. The molecule has 6 heteroatoms. The molecule has 0 aliphatic rings. The lowest BCUT2D eigenvalue weighted by molar-refractivity contribution is -0.695. The Balaban J connectivity index is 1.54. The van der Waals surface area contributed by atoms with Gasteiger partial charge in [-0.2, -0.15) is 0 Å². The van der Waals surface area contributed by atoms with Crippen LogP contribution in [0.25, 0.3) is 0 Å². The zero-order chi connectivity index (χ0) is 19.1. The van der Waals surface area contributed by atoms with Crippen LogP contribution in [0.2, 0.25) is 0 Å². The Labute approximate surface area is 158 Å². The molecule has 3 rings (SSSR count). The van der Waals surface area contributed by atoms with E-state index in [0.29, 0.717) is 36.0 Å². The Bertz CT molecular complexity index is 893. The fourth-order valence-electron chi connectivity index (χ4n) is 2.47. The first kappa shape index (κ1) is 18.4. The van der Waals surface area contributed by atoms with Crippen molar-refractivity contribution in [1.29, 1.82) is 0 Å². The maximum atomic E-state index is 12.1. The molecule has 0 unspecified atom stereocenters. The Hall–Kier alpha value is -3.41. The quantitative estimate of drug-likeness (QED) is 0.652. The number of para-hydroxylation sites is 2. The molecule has 0 saturated carbocycles. The summed E-state index contributed by atoms with van der Waals surface area (Å²) in [6, 6.07) is 14.8. The van der Waals surface area contributed by atoms with Gasteiger partial charge in [0.1, 0.15) is 0 Å². The van der Waals surface area contributed by atoms with Gasteiger partial charge in [-0.1, -0.05) is 12.1 Å². The second-order valence-corrected chi connectivity index (χ2v) is 6.05. The van der Waals surface area contributed by atoms with Gasteiger partial charge >= 0.3 is 0 Å². The van der Waals surface area contributed by atoms with E-state index in [9.17, 15) is 4.79 Å². The smallest absolute Gasteiger partial charge is 0.230 e. The molecule has 138 valence electrons. The van der Waals surface area contributed by atoms with Crippen molar-refractivity contribution >= 4 is 11.6 Å². The number of nitrogens with zero attached hydrogens (tertiary/aromatic N) is 2. The third-order valence-electron chi connectivity index (χ3n) is 3.96. The van der Waals surface area contributed by atoms with Gasteiger partial charge in [0, 0.05) is 18.2 Å². The van der Waals surface area contributed by atoms with Gasteiger partial charge in [-0.05, 0) is 30.7 Å². The number of carbonyl (C=O) groups excluding carboxylic acids is 1. The standard InChI is InChI=1S/C21H21N3O3/c1-16-9-12-24(13-10-16)14-11-20(25)23-17-7-8-21(22-15-17)27-19-6-4-3-5-18(19)26-2/h3-10,12-13,15H,11,14H2,1-2H3/p+1. The maximum absolute atomic E-state index is 12.1. The normalized spacial score (nSPS) is 10.3. The van der Waals surface area contributed by atoms with E-state index in [1.54, 1.807) is 31.5 Å². The maximum Gasteiger partial charge on any atom is 0.230 e. The average Bonchev–Trinajstić information content (AvgIpc) is 2.69. The van der Waals surface area contributed by atoms with Crippen molar-refractivity contribution in [3.63, 3.8) is 0 Å². The molecule has 27 heavy (non-hydrogen) atoms. The molecule has 3 aromatic rings. The second kappa shape index (κ2) is 8.80. The number of rotatable bonds is 7. The molecular formula is C21H22N3O3+. The van der Waals surface area contributed by atoms with Gasteiger partial charge in [-0.25, -0.2) is 9.55 Å². The molecule has 0 spiro atoms. The number of benzene rings is 1. The van der Waals surface area contributed by atoms with Crippen LogP contribution in [0.3, 0.4) is 0 Å². The molecule has 0 bridgehead atoms. The molecule has 0 saturated heterocycles. The molecular weight excluding hydrogens is 342 g/mol. The van der Waals surface area contributed by atoms with Crippen molar-refractivity contribution in [3.8, 4) is 17.4 Å². The van der Waals surface area contributed by atoms with Crippen molar-refractivity contribution in [2.24, 2.45) is 0 Å². The van der Waals surface area contributed by atoms with Crippen molar-refractivity contribution in [1.82, 2.24) is 4.98 Å². The molecule has 1 aromatic carbocycles. The number of pyridine rings is 2. The first-order chi connectivity index (χ1) is 13.1. The third kappa shape index (κ3) is 5.28. The highest BCUT2D eigenvalue weighted by atomic mass is 16.5. The Kier molecular flexibility index (Phi) is 5.99. The topological polar surface area (TPSA) is 64.3 Å². The molecule has 0 aliphatic carbocycles. The lowest BCUT2D eigenvalue weighted by Gasteiger charge is -2.09. The van der Waals surface area contributed by atoms with Crippen LogP contribution in [0.15, 0.2) is 67.1 Å². The minimum atomic E-state index is -0.0664. The van der Waals surface area contributed by atoms with E-state index in [1.165, 1.54) is 5.56 Å². The number of anilines is 1. The van der Waals surface area contributed by atoms with E-state index in [1.807, 2.05) is 54.2 Å². The van der Waals surface area contributed by atoms with Gasteiger partial charge < -0.3 is 14.8 Å². The summed E-state index contributed by atoms with van der Waals surface area (Å²) in [6.07, 6.45) is 5.89. The number of amides is 1. The van der Waals surface area contributed by atoms with Crippen molar-refractivity contribution in [2.45, 2.75) is 19.9 Å². The first-order valence-electron chi connectivity index (χ1n) is 8.66. The monoisotopic (exact) mass is 364 g/mol. The Morgan fingerprint density at radius 2 is 1.81 bits per heavy atom. The number of aryl methyl sites for hydroxylation is 2. The van der Waals surface area contributed by atoms with Crippen LogP contribution >= 0.6 is 0 Å². The van der Waals surface area contributed by atoms with E-state index in [2.05, 4.69) is 10.3 Å². The number of aromatic nitrogens is 2. The molecule has 2 aromatic heterocycles. The average molecular weight is 364 g/mol. The summed E-state index contributed by atoms with van der Waals surface area (Å²) in [7, 11) is 1.59. The van der Waals surface area contributed by atoms with Crippen molar-refractivity contribution < 1.29 is 18.8 Å². The minimum absolute atomic E-state index is 0.0664. The highest BCUT2D eigenvalue weighted by Crippen LogP contribution is 2.30. The number of hydrogen-bond donors (Lipinski definition) is 1. The van der Waals surface area contributed by atoms with Crippen LogP contribution in [-0.4, -0.2) is 18.0 Å². The number of hydrogen-bond acceptors (Lipinski definition) is 4. The summed E-state index contributed by atoms with van der Waals surface area (Å²) in [5.41, 5.74) is 1.82. The third-order valence-corrected chi connectivity index (χ3v) is 3.96. The largest absolute Gasteiger partial charge is 0.493 e. The highest BCUT2D eigenvalue weighted by Gasteiger charge is 2.09. The predicted molar refractivity (Wildman–Crippen MR) is 102 cm³/mol. The Morgan fingerprint density at radius 3 is 2.48 bits per heavy atom. The lowest BCUT2D eigenvalue weighted by Crippen LogP contribution is -2.34. The predicted octanol–water partition coefficient (Wildman–Crippen LogP) is 3.51. The van der Waals surface area contributed by atoms with Crippen LogP contribution in [0.4, 0.5) is 5.69 Å². The number of ether oxygens (including phenoxy) is 2. The fourth-order valence-corrected chi connectivity index (χ4v) is 2.47. The van der Waals surface area contributed by atoms with E-state index in [0.717, 1.165) is 0 Å². The van der Waals surface area contributed by atoms with Crippen LogP contribution in [0.5, 0.6) is 17.4 Å². The van der Waals surface area contributed by atoms with Crippen LogP contribution < -0.4 is 19.4 Å².